The summed E-state index contributed by atoms with van der Waals surface area (Å²) >= 11 is 0. The zero-order valence-electron chi connectivity index (χ0n) is 17.7. The molecule has 0 radical (unpaired) electrons. The summed E-state index contributed by atoms with van der Waals surface area (Å²) in [4.78, 5) is 14.0. The Morgan fingerprint density at radius 1 is 0.939 bits per heavy atom. The van der Waals surface area contributed by atoms with Crippen LogP contribution in [0, 0.1) is 18.6 Å². The Morgan fingerprint density at radius 3 is 2.42 bits per heavy atom. The van der Waals surface area contributed by atoms with Crippen LogP contribution in [0.15, 0.2) is 63.9 Å². The van der Waals surface area contributed by atoms with Crippen molar-refractivity contribution in [2.75, 3.05) is 26.2 Å². The van der Waals surface area contributed by atoms with E-state index < -0.39 is 26.6 Å². The van der Waals surface area contributed by atoms with Crippen molar-refractivity contribution in [1.82, 2.24) is 9.21 Å². The van der Waals surface area contributed by atoms with Gasteiger partial charge in [-0.3, -0.25) is 4.79 Å². The molecular weight excluding hydrogens is 450 g/mol. The van der Waals surface area contributed by atoms with E-state index in [1.165, 1.54) is 4.90 Å². The lowest BCUT2D eigenvalue weighted by Gasteiger charge is -2.33. The number of hydrogen-bond donors (Lipinski definition) is 0. The number of furan rings is 1. The van der Waals surface area contributed by atoms with Gasteiger partial charge in [0.1, 0.15) is 22.1 Å². The first-order chi connectivity index (χ1) is 15.8. The lowest BCUT2D eigenvalue weighted by atomic mass is 10.1. The van der Waals surface area contributed by atoms with Crippen molar-refractivity contribution < 1.29 is 26.4 Å². The smallest absolute Gasteiger partial charge is 0.289 e. The second-order valence-corrected chi connectivity index (χ2v) is 9.90. The van der Waals surface area contributed by atoms with Crippen LogP contribution < -0.4 is 0 Å². The summed E-state index contributed by atoms with van der Waals surface area (Å²) < 4.78 is 60.2. The Labute approximate surface area is 189 Å². The summed E-state index contributed by atoms with van der Waals surface area (Å²) in [6.07, 6.45) is 0. The molecule has 0 spiro atoms. The largest absolute Gasteiger partial charge is 0.450 e. The molecule has 4 aromatic rings. The lowest BCUT2D eigenvalue weighted by Crippen LogP contribution is -2.50. The average molecular weight is 470 g/mol. The maximum atomic E-state index is 14.1. The van der Waals surface area contributed by atoms with E-state index in [4.69, 9.17) is 4.42 Å². The maximum Gasteiger partial charge on any atom is 0.289 e. The van der Waals surface area contributed by atoms with Crippen molar-refractivity contribution in [3.63, 3.8) is 0 Å². The number of carbonyl (C=O) groups is 1. The number of halogens is 2. The normalized spacial score (nSPS) is 15.4. The van der Waals surface area contributed by atoms with Crippen LogP contribution in [0.4, 0.5) is 8.78 Å². The fraction of sp³-hybridized carbons (Fsp3) is 0.208. The van der Waals surface area contributed by atoms with Gasteiger partial charge in [-0.1, -0.05) is 36.4 Å². The van der Waals surface area contributed by atoms with E-state index in [9.17, 15) is 22.0 Å². The molecule has 1 aliphatic heterocycles. The van der Waals surface area contributed by atoms with Crippen molar-refractivity contribution in [3.8, 4) is 0 Å². The number of carbonyl (C=O) groups excluding carboxylic acids is 1. The molecule has 1 amide bonds. The lowest BCUT2D eigenvalue weighted by molar-refractivity contribution is 0.0667. The average Bonchev–Trinajstić information content (AvgIpc) is 3.17. The van der Waals surface area contributed by atoms with Gasteiger partial charge in [-0.25, -0.2) is 17.2 Å². The van der Waals surface area contributed by atoms with E-state index in [1.54, 1.807) is 0 Å². The number of piperazine rings is 1. The summed E-state index contributed by atoms with van der Waals surface area (Å²) in [5.41, 5.74) is 1.36. The van der Waals surface area contributed by atoms with Crippen molar-refractivity contribution in [2.24, 2.45) is 0 Å². The quantitative estimate of drug-likeness (QED) is 0.447. The fourth-order valence-corrected chi connectivity index (χ4v) is 5.74. The Hall–Kier alpha value is -3.30. The Balaban J connectivity index is 1.39. The van der Waals surface area contributed by atoms with Crippen molar-refractivity contribution in [2.45, 2.75) is 11.8 Å². The van der Waals surface area contributed by atoms with Crippen molar-refractivity contribution in [3.05, 3.63) is 77.6 Å². The first-order valence-electron chi connectivity index (χ1n) is 10.4. The van der Waals surface area contributed by atoms with Crippen LogP contribution in [0.5, 0.6) is 0 Å². The molecule has 6 nitrogen and oxygen atoms in total. The number of nitrogens with zero attached hydrogens (tertiary/aromatic N) is 2. The van der Waals surface area contributed by atoms with Gasteiger partial charge in [-0.15, -0.1) is 0 Å². The van der Waals surface area contributed by atoms with E-state index in [0.29, 0.717) is 11.6 Å². The summed E-state index contributed by atoms with van der Waals surface area (Å²) in [6.45, 7) is 1.96. The zero-order valence-corrected chi connectivity index (χ0v) is 18.5. The SMILES string of the molecule is Cc1c(C(=O)N2CCN(S(=O)(=O)c3cc(F)ccc3F)CC2)oc2c1ccc1ccccc12. The molecule has 0 unspecified atom stereocenters. The standard InChI is InChI=1S/C24H20F2N2O4S/c1-15-18-8-6-16-4-2-3-5-19(16)23(18)32-22(15)24(29)27-10-12-28(13-11-27)33(30,31)21-14-17(25)7-9-20(21)26/h2-9,14H,10-13H2,1H3. The fourth-order valence-electron chi connectivity index (χ4n) is 4.24. The molecular formula is C24H20F2N2O4S. The zero-order chi connectivity index (χ0) is 23.3. The van der Waals surface area contributed by atoms with Crippen molar-refractivity contribution in [1.29, 1.82) is 0 Å². The van der Waals surface area contributed by atoms with Crippen LogP contribution in [0.3, 0.4) is 0 Å². The Kier molecular flexibility index (Phi) is 5.18. The molecule has 2 heterocycles. The third-order valence-corrected chi connectivity index (χ3v) is 7.97. The van der Waals surface area contributed by atoms with Crippen LogP contribution in [0.25, 0.3) is 21.7 Å². The highest BCUT2D eigenvalue weighted by Gasteiger charge is 2.34. The second-order valence-electron chi connectivity index (χ2n) is 7.99. The monoisotopic (exact) mass is 470 g/mol. The van der Waals surface area contributed by atoms with Gasteiger partial charge in [-0.2, -0.15) is 4.31 Å². The van der Waals surface area contributed by atoms with Crippen molar-refractivity contribution >= 4 is 37.7 Å². The van der Waals surface area contributed by atoms with Crippen LogP contribution >= 0.6 is 0 Å². The molecule has 170 valence electrons. The van der Waals surface area contributed by atoms with Gasteiger partial charge in [0.2, 0.25) is 10.0 Å². The summed E-state index contributed by atoms with van der Waals surface area (Å²) in [6, 6.07) is 14.0. The van der Waals surface area contributed by atoms with E-state index >= 15 is 0 Å². The third kappa shape index (κ3) is 3.57. The topological polar surface area (TPSA) is 70.8 Å². The number of rotatable bonds is 3. The van der Waals surface area contributed by atoms with Crippen LogP contribution in [0.1, 0.15) is 16.1 Å². The molecule has 0 atom stereocenters. The van der Waals surface area contributed by atoms with E-state index in [0.717, 1.165) is 38.2 Å². The number of fused-ring (bicyclic) bond motifs is 3. The highest BCUT2D eigenvalue weighted by molar-refractivity contribution is 7.89. The van der Waals surface area contributed by atoms with Gasteiger partial charge >= 0.3 is 0 Å². The second kappa shape index (κ2) is 7.93. The Morgan fingerprint density at radius 2 is 1.67 bits per heavy atom. The predicted octanol–water partition coefficient (Wildman–Crippen LogP) is 4.32. The van der Waals surface area contributed by atoms with Crippen LogP contribution in [0.2, 0.25) is 0 Å². The minimum atomic E-state index is -4.23. The van der Waals surface area contributed by atoms with Gasteiger partial charge in [0.15, 0.2) is 5.76 Å². The van der Waals surface area contributed by atoms with Gasteiger partial charge < -0.3 is 9.32 Å². The molecule has 33 heavy (non-hydrogen) atoms. The molecule has 0 saturated carbocycles. The maximum absolute atomic E-state index is 14.1. The first kappa shape index (κ1) is 21.5. The molecule has 0 N–H and O–H groups in total. The number of aryl methyl sites for hydroxylation is 1. The third-order valence-electron chi connectivity index (χ3n) is 6.06. The summed E-state index contributed by atoms with van der Waals surface area (Å²) in [5.74, 6) is -1.97. The molecule has 1 saturated heterocycles. The minimum absolute atomic E-state index is 0.0355. The summed E-state index contributed by atoms with van der Waals surface area (Å²) in [5, 5.41) is 2.76. The van der Waals surface area contributed by atoms with Gasteiger partial charge in [0.25, 0.3) is 5.91 Å². The molecule has 1 aromatic heterocycles. The predicted molar refractivity (Wildman–Crippen MR) is 119 cm³/mol. The molecule has 9 heteroatoms. The van der Waals surface area contributed by atoms with Crippen LogP contribution in [-0.2, 0) is 10.0 Å². The number of sulfonamides is 1. The molecule has 3 aromatic carbocycles. The van der Waals surface area contributed by atoms with Crippen LogP contribution in [-0.4, -0.2) is 49.7 Å². The minimum Gasteiger partial charge on any atom is -0.450 e. The molecule has 1 aliphatic rings. The van der Waals surface area contributed by atoms with Gasteiger partial charge in [-0.05, 0) is 30.5 Å². The molecule has 0 bridgehead atoms. The highest BCUT2D eigenvalue weighted by atomic mass is 32.2. The first-order valence-corrected chi connectivity index (χ1v) is 11.9. The number of amides is 1. The number of hydrogen-bond acceptors (Lipinski definition) is 4. The molecule has 0 aliphatic carbocycles. The van der Waals surface area contributed by atoms with E-state index in [-0.39, 0.29) is 37.8 Å². The highest BCUT2D eigenvalue weighted by Crippen LogP contribution is 2.32. The molecule has 5 rings (SSSR count). The van der Waals surface area contributed by atoms with Gasteiger partial charge in [0, 0.05) is 42.5 Å². The van der Waals surface area contributed by atoms with E-state index in [2.05, 4.69) is 0 Å². The molecule has 1 fully saturated rings. The van der Waals surface area contributed by atoms with Gasteiger partial charge in [0.05, 0.1) is 0 Å². The Bertz CT molecular complexity index is 1510. The summed E-state index contributed by atoms with van der Waals surface area (Å²) in [7, 11) is -4.23. The van der Waals surface area contributed by atoms with E-state index in [1.807, 2.05) is 43.3 Å². The number of benzene rings is 3.